The van der Waals surface area contributed by atoms with Crippen molar-refractivity contribution in [3.8, 4) is 0 Å². The Morgan fingerprint density at radius 1 is 1.22 bits per heavy atom. The summed E-state index contributed by atoms with van der Waals surface area (Å²) in [7, 11) is 0. The minimum absolute atomic E-state index is 0.425. The van der Waals surface area contributed by atoms with Crippen LogP contribution in [0.1, 0.15) is 58.8 Å². The van der Waals surface area contributed by atoms with Gasteiger partial charge in [-0.25, -0.2) is 0 Å². The highest BCUT2D eigenvalue weighted by molar-refractivity contribution is 8.14. The van der Waals surface area contributed by atoms with E-state index < -0.39 is 0 Å². The van der Waals surface area contributed by atoms with Crippen molar-refractivity contribution in [3.63, 3.8) is 0 Å². The molecule has 3 heteroatoms. The molecule has 1 saturated heterocycles. The monoisotopic (exact) mass is 266 g/mol. The van der Waals surface area contributed by atoms with Crippen LogP contribution in [0.3, 0.4) is 0 Å². The van der Waals surface area contributed by atoms with E-state index in [4.69, 9.17) is 4.99 Å². The number of aliphatic imine (C=N–C) groups is 1. The van der Waals surface area contributed by atoms with E-state index in [-0.39, 0.29) is 0 Å². The van der Waals surface area contributed by atoms with Gasteiger partial charge in [-0.15, -0.1) is 0 Å². The third-order valence-electron chi connectivity index (χ3n) is 5.09. The van der Waals surface area contributed by atoms with Crippen LogP contribution in [0.4, 0.5) is 0 Å². The van der Waals surface area contributed by atoms with Crippen LogP contribution in [0.5, 0.6) is 0 Å². The molecular weight excluding hydrogens is 240 g/mol. The van der Waals surface area contributed by atoms with Gasteiger partial charge in [-0.05, 0) is 43.9 Å². The first-order valence-electron chi connectivity index (χ1n) is 7.66. The Morgan fingerprint density at radius 3 is 2.72 bits per heavy atom. The average molecular weight is 266 g/mol. The van der Waals surface area contributed by atoms with Crippen LogP contribution in [0, 0.1) is 11.8 Å². The largest absolute Gasteiger partial charge is 0.359 e. The number of thioether (sulfide) groups is 1. The summed E-state index contributed by atoms with van der Waals surface area (Å²) in [6.45, 7) is 4.77. The molecule has 1 spiro atoms. The second kappa shape index (κ2) is 5.07. The van der Waals surface area contributed by atoms with Gasteiger partial charge in [0, 0.05) is 11.3 Å². The fourth-order valence-electron chi connectivity index (χ4n) is 3.89. The molecule has 1 N–H and O–H groups in total. The van der Waals surface area contributed by atoms with Gasteiger partial charge in [-0.1, -0.05) is 38.5 Å². The quantitative estimate of drug-likeness (QED) is 0.780. The van der Waals surface area contributed by atoms with Crippen LogP contribution in [0.2, 0.25) is 0 Å². The van der Waals surface area contributed by atoms with E-state index in [1.165, 1.54) is 55.9 Å². The molecule has 2 aliphatic carbocycles. The summed E-state index contributed by atoms with van der Waals surface area (Å²) in [6, 6.07) is 0.577. The molecule has 0 aromatic rings. The van der Waals surface area contributed by atoms with Gasteiger partial charge in [-0.2, -0.15) is 0 Å². The molecule has 18 heavy (non-hydrogen) atoms. The Bertz CT molecular complexity index is 333. The topological polar surface area (TPSA) is 24.4 Å². The van der Waals surface area contributed by atoms with Crippen molar-refractivity contribution in [2.75, 3.05) is 5.75 Å². The predicted octanol–water partition coefficient (Wildman–Crippen LogP) is 3.82. The lowest BCUT2D eigenvalue weighted by Gasteiger charge is -2.30. The summed E-state index contributed by atoms with van der Waals surface area (Å²) in [5, 5.41) is 5.01. The number of hydrogen-bond acceptors (Lipinski definition) is 2. The SMILES string of the molecule is CC1CCC(N=C2NC3(CCCC3)CS2)C(C)C1. The number of rotatable bonds is 1. The molecular formula is C15H26N2S. The van der Waals surface area contributed by atoms with E-state index in [0.717, 1.165) is 11.8 Å². The maximum atomic E-state index is 5.04. The summed E-state index contributed by atoms with van der Waals surface area (Å²) in [6.07, 6.45) is 9.53. The molecule has 3 fully saturated rings. The van der Waals surface area contributed by atoms with Gasteiger partial charge in [0.05, 0.1) is 6.04 Å². The van der Waals surface area contributed by atoms with E-state index in [2.05, 4.69) is 19.2 Å². The first kappa shape index (κ1) is 12.8. The zero-order chi connectivity index (χ0) is 12.6. The molecule has 0 aromatic heterocycles. The molecule has 0 aromatic carbocycles. The van der Waals surface area contributed by atoms with Gasteiger partial charge in [-0.3, -0.25) is 4.99 Å². The zero-order valence-electron chi connectivity index (χ0n) is 11.7. The minimum Gasteiger partial charge on any atom is -0.359 e. The van der Waals surface area contributed by atoms with Gasteiger partial charge in [0.25, 0.3) is 0 Å². The molecule has 102 valence electrons. The van der Waals surface area contributed by atoms with Crippen LogP contribution >= 0.6 is 11.8 Å². The zero-order valence-corrected chi connectivity index (χ0v) is 12.6. The highest BCUT2D eigenvalue weighted by Gasteiger charge is 2.40. The first-order chi connectivity index (χ1) is 8.67. The van der Waals surface area contributed by atoms with Crippen molar-refractivity contribution in [3.05, 3.63) is 0 Å². The second-order valence-corrected chi connectivity index (χ2v) is 7.76. The molecule has 2 nitrogen and oxygen atoms in total. The molecule has 0 bridgehead atoms. The van der Waals surface area contributed by atoms with Crippen molar-refractivity contribution in [1.29, 1.82) is 0 Å². The summed E-state index contributed by atoms with van der Waals surface area (Å²) >= 11 is 1.97. The van der Waals surface area contributed by atoms with E-state index in [0.29, 0.717) is 11.6 Å². The maximum Gasteiger partial charge on any atom is 0.157 e. The first-order valence-corrected chi connectivity index (χ1v) is 8.64. The van der Waals surface area contributed by atoms with Crippen molar-refractivity contribution >= 4 is 16.9 Å². The molecule has 3 rings (SSSR count). The number of amidine groups is 1. The third-order valence-corrected chi connectivity index (χ3v) is 6.27. The highest BCUT2D eigenvalue weighted by Crippen LogP contribution is 2.38. The van der Waals surface area contributed by atoms with Crippen LogP contribution < -0.4 is 5.32 Å². The highest BCUT2D eigenvalue weighted by atomic mass is 32.2. The van der Waals surface area contributed by atoms with Crippen molar-refractivity contribution in [1.82, 2.24) is 5.32 Å². The smallest absolute Gasteiger partial charge is 0.157 e. The van der Waals surface area contributed by atoms with Crippen LogP contribution in [-0.2, 0) is 0 Å². The predicted molar refractivity (Wildman–Crippen MR) is 80.2 cm³/mol. The number of nitrogens with one attached hydrogen (secondary N) is 1. The lowest BCUT2D eigenvalue weighted by atomic mass is 9.80. The van der Waals surface area contributed by atoms with Gasteiger partial charge >= 0.3 is 0 Å². The normalized spacial score (nSPS) is 41.4. The fourth-order valence-corrected chi connectivity index (χ4v) is 5.16. The van der Waals surface area contributed by atoms with Crippen molar-refractivity contribution in [2.45, 2.75) is 70.4 Å². The van der Waals surface area contributed by atoms with Crippen LogP contribution in [0.25, 0.3) is 0 Å². The maximum absolute atomic E-state index is 5.04. The Morgan fingerprint density at radius 2 is 2.00 bits per heavy atom. The molecule has 3 atom stereocenters. The van der Waals surface area contributed by atoms with Gasteiger partial charge in [0.2, 0.25) is 0 Å². The molecule has 2 saturated carbocycles. The molecule has 0 radical (unpaired) electrons. The Balaban J connectivity index is 1.63. The van der Waals surface area contributed by atoms with Gasteiger partial charge in [0.1, 0.15) is 0 Å². The fraction of sp³-hybridized carbons (Fsp3) is 0.933. The molecule has 1 heterocycles. The standard InChI is InChI=1S/C15H26N2S/c1-11-5-6-13(12(2)9-11)16-14-17-15(10-18-14)7-3-4-8-15/h11-13H,3-10H2,1-2H3,(H,16,17). The summed E-state index contributed by atoms with van der Waals surface area (Å²) in [5.74, 6) is 2.93. The Hall–Kier alpha value is -0.180. The second-order valence-electron chi connectivity index (χ2n) is 6.80. The Kier molecular flexibility index (Phi) is 3.61. The van der Waals surface area contributed by atoms with E-state index in [1.54, 1.807) is 0 Å². The lowest BCUT2D eigenvalue weighted by molar-refractivity contribution is 0.264. The number of nitrogens with zero attached hydrogens (tertiary/aromatic N) is 1. The van der Waals surface area contributed by atoms with E-state index in [9.17, 15) is 0 Å². The third kappa shape index (κ3) is 2.56. The van der Waals surface area contributed by atoms with Gasteiger partial charge in [0.15, 0.2) is 5.17 Å². The summed E-state index contributed by atoms with van der Waals surface area (Å²) in [5.41, 5.74) is 0.425. The lowest BCUT2D eigenvalue weighted by Crippen LogP contribution is -2.41. The van der Waals surface area contributed by atoms with E-state index in [1.807, 2.05) is 11.8 Å². The number of hydrogen-bond donors (Lipinski definition) is 1. The Labute approximate surface area is 115 Å². The minimum atomic E-state index is 0.425. The van der Waals surface area contributed by atoms with Crippen LogP contribution in [0.15, 0.2) is 4.99 Å². The van der Waals surface area contributed by atoms with Crippen LogP contribution in [-0.4, -0.2) is 22.5 Å². The molecule has 0 amide bonds. The summed E-state index contributed by atoms with van der Waals surface area (Å²) < 4.78 is 0. The van der Waals surface area contributed by atoms with Crippen molar-refractivity contribution in [2.24, 2.45) is 16.8 Å². The van der Waals surface area contributed by atoms with E-state index >= 15 is 0 Å². The molecule has 3 aliphatic rings. The van der Waals surface area contributed by atoms with Crippen molar-refractivity contribution < 1.29 is 0 Å². The average Bonchev–Trinajstić information content (AvgIpc) is 2.94. The molecule has 1 aliphatic heterocycles. The summed E-state index contributed by atoms with van der Waals surface area (Å²) in [4.78, 5) is 5.04. The van der Waals surface area contributed by atoms with Gasteiger partial charge < -0.3 is 5.32 Å². The molecule has 3 unspecified atom stereocenters.